The molecule has 0 atom stereocenters. The lowest BCUT2D eigenvalue weighted by atomic mass is 10.0. The summed E-state index contributed by atoms with van der Waals surface area (Å²) in [6.07, 6.45) is 0. The number of benzene rings is 2. The Hall–Kier alpha value is -2.50. The van der Waals surface area contributed by atoms with Gasteiger partial charge in [0.1, 0.15) is 5.75 Å². The zero-order valence-corrected chi connectivity index (χ0v) is 9.32. The number of hydrogen-bond acceptors (Lipinski definition) is 2. The number of aromatic carboxylic acids is 1. The number of phenolic OH excluding ortho intramolecular Hbond substituents is 1. The zero-order valence-electron chi connectivity index (χ0n) is 9.32. The van der Waals surface area contributed by atoms with E-state index in [0.717, 1.165) is 12.1 Å². The van der Waals surface area contributed by atoms with Crippen molar-refractivity contribution < 1.29 is 28.2 Å². The van der Waals surface area contributed by atoms with Gasteiger partial charge in [-0.1, -0.05) is 0 Å². The number of carboxylic acid groups (broad SMARTS) is 1. The van der Waals surface area contributed by atoms with E-state index in [1.54, 1.807) is 0 Å². The quantitative estimate of drug-likeness (QED) is 0.822. The number of hydrogen-bond donors (Lipinski definition) is 2. The van der Waals surface area contributed by atoms with Crippen molar-refractivity contribution in [3.8, 4) is 16.9 Å². The van der Waals surface area contributed by atoms with Crippen LogP contribution < -0.4 is 0 Å². The molecule has 6 heteroatoms. The van der Waals surface area contributed by atoms with Crippen LogP contribution in [0.15, 0.2) is 30.3 Å². The summed E-state index contributed by atoms with van der Waals surface area (Å²) in [5, 5.41) is 18.4. The van der Waals surface area contributed by atoms with Gasteiger partial charge < -0.3 is 10.2 Å². The second kappa shape index (κ2) is 4.64. The summed E-state index contributed by atoms with van der Waals surface area (Å²) in [4.78, 5) is 10.7. The minimum Gasteiger partial charge on any atom is -0.507 e. The molecule has 2 N–H and O–H groups in total. The molecule has 0 aliphatic rings. The van der Waals surface area contributed by atoms with Crippen LogP contribution >= 0.6 is 0 Å². The summed E-state index contributed by atoms with van der Waals surface area (Å²) in [5.74, 6) is -6.11. The Morgan fingerprint density at radius 2 is 1.58 bits per heavy atom. The van der Waals surface area contributed by atoms with Gasteiger partial charge in [0.2, 0.25) is 0 Å². The molecular weight excluding hydrogens is 261 g/mol. The molecule has 0 amide bonds. The Kier molecular flexibility index (Phi) is 3.16. The van der Waals surface area contributed by atoms with Crippen molar-refractivity contribution >= 4 is 5.97 Å². The molecule has 0 radical (unpaired) electrons. The lowest BCUT2D eigenvalue weighted by molar-refractivity contribution is 0.0696. The maximum atomic E-state index is 13.1. The number of phenols is 1. The van der Waals surface area contributed by atoms with Crippen LogP contribution in [0.3, 0.4) is 0 Å². The average Bonchev–Trinajstić information content (AvgIpc) is 2.35. The molecular formula is C13H7F3O3. The summed E-state index contributed by atoms with van der Waals surface area (Å²) < 4.78 is 39.0. The van der Waals surface area contributed by atoms with Crippen LogP contribution in [0.1, 0.15) is 10.4 Å². The van der Waals surface area contributed by atoms with Crippen LogP contribution in [0.2, 0.25) is 0 Å². The molecule has 0 unspecified atom stereocenters. The second-order valence-corrected chi connectivity index (χ2v) is 3.79. The third-order valence-electron chi connectivity index (χ3n) is 2.54. The predicted molar refractivity (Wildman–Crippen MR) is 60.4 cm³/mol. The van der Waals surface area contributed by atoms with Crippen molar-refractivity contribution in [1.29, 1.82) is 0 Å². The summed E-state index contributed by atoms with van der Waals surface area (Å²) in [6, 6.07) is 4.72. The smallest absolute Gasteiger partial charge is 0.335 e. The maximum Gasteiger partial charge on any atom is 0.335 e. The van der Waals surface area contributed by atoms with E-state index in [4.69, 9.17) is 5.11 Å². The first-order valence-electron chi connectivity index (χ1n) is 5.11. The van der Waals surface area contributed by atoms with Gasteiger partial charge in [-0.2, -0.15) is 0 Å². The first-order valence-corrected chi connectivity index (χ1v) is 5.11. The van der Waals surface area contributed by atoms with Gasteiger partial charge in [0.15, 0.2) is 17.5 Å². The van der Waals surface area contributed by atoms with E-state index in [0.29, 0.717) is 12.1 Å². The molecule has 0 spiro atoms. The van der Waals surface area contributed by atoms with Crippen LogP contribution in [0.4, 0.5) is 13.2 Å². The van der Waals surface area contributed by atoms with E-state index < -0.39 is 29.2 Å². The fourth-order valence-corrected chi connectivity index (χ4v) is 1.62. The van der Waals surface area contributed by atoms with Gasteiger partial charge in [-0.25, -0.2) is 18.0 Å². The van der Waals surface area contributed by atoms with Gasteiger partial charge >= 0.3 is 5.97 Å². The monoisotopic (exact) mass is 268 g/mol. The molecule has 0 aromatic heterocycles. The topological polar surface area (TPSA) is 57.5 Å². The van der Waals surface area contributed by atoms with Crippen LogP contribution in [0.25, 0.3) is 11.1 Å². The standard InChI is InChI=1S/C13H7F3O3/c14-9-3-7(4-10(15)12(9)16)8-2-1-6(13(18)19)5-11(8)17/h1-5,17H,(H,18,19). The predicted octanol–water partition coefficient (Wildman–Crippen LogP) is 3.17. The van der Waals surface area contributed by atoms with Gasteiger partial charge in [-0.15, -0.1) is 0 Å². The lowest BCUT2D eigenvalue weighted by Gasteiger charge is -2.07. The summed E-state index contributed by atoms with van der Waals surface area (Å²) in [5.41, 5.74) is -0.266. The largest absolute Gasteiger partial charge is 0.507 e. The molecule has 98 valence electrons. The molecule has 3 nitrogen and oxygen atoms in total. The van der Waals surface area contributed by atoms with Crippen molar-refractivity contribution in [1.82, 2.24) is 0 Å². The Balaban J connectivity index is 2.56. The molecule has 0 aliphatic heterocycles. The Morgan fingerprint density at radius 1 is 1.00 bits per heavy atom. The molecule has 0 bridgehead atoms. The minimum atomic E-state index is -1.61. The molecule has 0 aliphatic carbocycles. The van der Waals surface area contributed by atoms with Crippen molar-refractivity contribution in [3.05, 3.63) is 53.3 Å². The normalized spacial score (nSPS) is 10.5. The SMILES string of the molecule is O=C(O)c1ccc(-c2cc(F)c(F)c(F)c2)c(O)c1. The number of carboxylic acids is 1. The van der Waals surface area contributed by atoms with Crippen LogP contribution in [0.5, 0.6) is 5.75 Å². The van der Waals surface area contributed by atoms with Crippen LogP contribution in [0, 0.1) is 17.5 Å². The van der Waals surface area contributed by atoms with E-state index >= 15 is 0 Å². The van der Waals surface area contributed by atoms with Gasteiger partial charge in [-0.05, 0) is 35.9 Å². The molecule has 0 fully saturated rings. The van der Waals surface area contributed by atoms with Gasteiger partial charge in [-0.3, -0.25) is 0 Å². The highest BCUT2D eigenvalue weighted by atomic mass is 19.2. The van der Waals surface area contributed by atoms with Gasteiger partial charge in [0.25, 0.3) is 0 Å². The molecule has 2 rings (SSSR count). The molecule has 0 heterocycles. The lowest BCUT2D eigenvalue weighted by Crippen LogP contribution is -1.96. The zero-order chi connectivity index (χ0) is 14.2. The summed E-state index contributed by atoms with van der Waals surface area (Å²) in [6.45, 7) is 0. The van der Waals surface area contributed by atoms with E-state index in [9.17, 15) is 23.1 Å². The van der Waals surface area contributed by atoms with Crippen molar-refractivity contribution in [3.63, 3.8) is 0 Å². The number of halogens is 3. The van der Waals surface area contributed by atoms with E-state index in [1.165, 1.54) is 6.07 Å². The summed E-state index contributed by atoms with van der Waals surface area (Å²) in [7, 11) is 0. The molecule has 0 saturated carbocycles. The van der Waals surface area contributed by atoms with Crippen LogP contribution in [-0.2, 0) is 0 Å². The third-order valence-corrected chi connectivity index (χ3v) is 2.54. The fraction of sp³-hybridized carbons (Fsp3) is 0. The highest BCUT2D eigenvalue weighted by molar-refractivity contribution is 5.89. The first-order chi connectivity index (χ1) is 8.90. The molecule has 2 aromatic rings. The number of carbonyl (C=O) groups is 1. The Morgan fingerprint density at radius 3 is 2.05 bits per heavy atom. The van der Waals surface area contributed by atoms with E-state index in [1.807, 2.05) is 0 Å². The van der Waals surface area contributed by atoms with Gasteiger partial charge in [0, 0.05) is 5.56 Å². The second-order valence-electron chi connectivity index (χ2n) is 3.79. The van der Waals surface area contributed by atoms with E-state index in [2.05, 4.69) is 0 Å². The first kappa shape index (κ1) is 12.9. The highest BCUT2D eigenvalue weighted by Crippen LogP contribution is 2.31. The van der Waals surface area contributed by atoms with Crippen molar-refractivity contribution in [2.45, 2.75) is 0 Å². The fourth-order valence-electron chi connectivity index (χ4n) is 1.62. The van der Waals surface area contributed by atoms with Crippen molar-refractivity contribution in [2.75, 3.05) is 0 Å². The minimum absolute atomic E-state index is 0.00259. The molecule has 2 aromatic carbocycles. The Bertz CT molecular complexity index is 645. The van der Waals surface area contributed by atoms with Crippen molar-refractivity contribution in [2.24, 2.45) is 0 Å². The average molecular weight is 268 g/mol. The van der Waals surface area contributed by atoms with E-state index in [-0.39, 0.29) is 16.7 Å². The third kappa shape index (κ3) is 2.37. The molecule has 0 saturated heterocycles. The van der Waals surface area contributed by atoms with Gasteiger partial charge in [0.05, 0.1) is 5.56 Å². The molecule has 19 heavy (non-hydrogen) atoms. The maximum absolute atomic E-state index is 13.1. The number of rotatable bonds is 2. The van der Waals surface area contributed by atoms with Crippen LogP contribution in [-0.4, -0.2) is 16.2 Å². The summed E-state index contributed by atoms with van der Waals surface area (Å²) >= 11 is 0. The number of aromatic hydroxyl groups is 1. The highest BCUT2D eigenvalue weighted by Gasteiger charge is 2.15. The Labute approximate surface area is 105 Å².